The summed E-state index contributed by atoms with van der Waals surface area (Å²) in [7, 11) is 1.68. The van der Waals surface area contributed by atoms with Crippen LogP contribution in [-0.2, 0) is 9.47 Å². The first-order valence-electron chi connectivity index (χ1n) is 6.15. The smallest absolute Gasteiger partial charge is 0.218 e. The number of hydrogen-bond donors (Lipinski definition) is 1. The first-order chi connectivity index (χ1) is 8.75. The molecule has 1 rings (SSSR count). The van der Waals surface area contributed by atoms with E-state index in [0.29, 0.717) is 25.7 Å². The minimum atomic E-state index is -0.0867. The molecule has 0 aliphatic carbocycles. The number of nitrogens with zero attached hydrogens (tertiary/aromatic N) is 1. The lowest BCUT2D eigenvalue weighted by atomic mass is 10.1. The van der Waals surface area contributed by atoms with Crippen LogP contribution in [0.5, 0.6) is 5.88 Å². The van der Waals surface area contributed by atoms with E-state index in [1.807, 2.05) is 19.1 Å². The summed E-state index contributed by atoms with van der Waals surface area (Å²) in [5.41, 5.74) is 6.75. The van der Waals surface area contributed by atoms with Crippen LogP contribution in [0.2, 0.25) is 0 Å². The minimum Gasteiger partial charge on any atom is -0.475 e. The van der Waals surface area contributed by atoms with Gasteiger partial charge in [0.15, 0.2) is 0 Å². The van der Waals surface area contributed by atoms with E-state index in [0.717, 1.165) is 18.6 Å². The van der Waals surface area contributed by atoms with Crippen LogP contribution in [0, 0.1) is 0 Å². The Balaban J connectivity index is 2.23. The van der Waals surface area contributed by atoms with Crippen molar-refractivity contribution in [3.05, 3.63) is 23.9 Å². The lowest BCUT2D eigenvalue weighted by Gasteiger charge is -2.12. The van der Waals surface area contributed by atoms with Gasteiger partial charge in [0.1, 0.15) is 6.61 Å². The van der Waals surface area contributed by atoms with Crippen LogP contribution < -0.4 is 10.5 Å². The quantitative estimate of drug-likeness (QED) is 0.677. The Morgan fingerprint density at radius 3 is 2.83 bits per heavy atom. The molecule has 0 spiro atoms. The van der Waals surface area contributed by atoms with E-state index in [9.17, 15) is 0 Å². The van der Waals surface area contributed by atoms with Crippen molar-refractivity contribution in [3.8, 4) is 5.88 Å². The Bertz CT molecular complexity index is 332. The van der Waals surface area contributed by atoms with Gasteiger partial charge in [-0.3, -0.25) is 0 Å². The average Bonchev–Trinajstić information content (AvgIpc) is 2.38. The van der Waals surface area contributed by atoms with Crippen molar-refractivity contribution in [1.29, 1.82) is 0 Å². The van der Waals surface area contributed by atoms with Crippen LogP contribution in [0.15, 0.2) is 18.3 Å². The van der Waals surface area contributed by atoms with Gasteiger partial charge in [-0.15, -0.1) is 0 Å². The van der Waals surface area contributed by atoms with E-state index in [1.165, 1.54) is 0 Å². The van der Waals surface area contributed by atoms with Gasteiger partial charge in [-0.2, -0.15) is 0 Å². The molecular formula is C13H22N2O3. The lowest BCUT2D eigenvalue weighted by Crippen LogP contribution is -2.13. The molecule has 102 valence electrons. The number of ether oxygens (including phenoxy) is 3. The second-order valence-corrected chi connectivity index (χ2v) is 3.99. The standard InChI is InChI=1S/C13H22N2O3/c1-11(14)12-5-3-6-15-13(12)18-10-9-17-8-4-7-16-2/h3,5-6,11H,4,7-10,14H2,1-2H3/t11-/m0/s1. The first-order valence-corrected chi connectivity index (χ1v) is 6.15. The van der Waals surface area contributed by atoms with E-state index >= 15 is 0 Å². The van der Waals surface area contributed by atoms with Crippen molar-refractivity contribution >= 4 is 0 Å². The van der Waals surface area contributed by atoms with E-state index < -0.39 is 0 Å². The predicted octanol–water partition coefficient (Wildman–Crippen LogP) is 1.53. The van der Waals surface area contributed by atoms with Gasteiger partial charge >= 0.3 is 0 Å². The molecule has 0 aliphatic rings. The van der Waals surface area contributed by atoms with E-state index in [1.54, 1.807) is 13.3 Å². The summed E-state index contributed by atoms with van der Waals surface area (Å²) in [4.78, 5) is 4.17. The van der Waals surface area contributed by atoms with Gasteiger partial charge in [-0.25, -0.2) is 4.98 Å². The normalized spacial score (nSPS) is 12.4. The van der Waals surface area contributed by atoms with Crippen LogP contribution in [0.25, 0.3) is 0 Å². The molecule has 0 fully saturated rings. The largest absolute Gasteiger partial charge is 0.475 e. The molecule has 1 atom stereocenters. The third-order valence-corrected chi connectivity index (χ3v) is 2.39. The highest BCUT2D eigenvalue weighted by Crippen LogP contribution is 2.19. The molecule has 5 heteroatoms. The molecule has 2 N–H and O–H groups in total. The van der Waals surface area contributed by atoms with E-state index in [4.69, 9.17) is 19.9 Å². The highest BCUT2D eigenvalue weighted by atomic mass is 16.5. The summed E-state index contributed by atoms with van der Waals surface area (Å²) in [6.45, 7) is 4.32. The maximum absolute atomic E-state index is 5.83. The Hall–Kier alpha value is -1.17. The fraction of sp³-hybridized carbons (Fsp3) is 0.615. The van der Waals surface area contributed by atoms with Gasteiger partial charge < -0.3 is 19.9 Å². The predicted molar refractivity (Wildman–Crippen MR) is 69.6 cm³/mol. The highest BCUT2D eigenvalue weighted by Gasteiger charge is 2.08. The lowest BCUT2D eigenvalue weighted by molar-refractivity contribution is 0.0792. The topological polar surface area (TPSA) is 66.6 Å². The fourth-order valence-corrected chi connectivity index (χ4v) is 1.48. The number of hydrogen-bond acceptors (Lipinski definition) is 5. The number of methoxy groups -OCH3 is 1. The van der Waals surface area contributed by atoms with Gasteiger partial charge in [0.05, 0.1) is 6.61 Å². The van der Waals surface area contributed by atoms with Crippen LogP contribution in [0.1, 0.15) is 24.9 Å². The Morgan fingerprint density at radius 2 is 2.11 bits per heavy atom. The molecule has 0 saturated carbocycles. The Kier molecular flexibility index (Phi) is 7.32. The van der Waals surface area contributed by atoms with E-state index in [-0.39, 0.29) is 6.04 Å². The second-order valence-electron chi connectivity index (χ2n) is 3.99. The molecule has 1 aromatic rings. The summed E-state index contributed by atoms with van der Waals surface area (Å²) in [6.07, 6.45) is 2.59. The third kappa shape index (κ3) is 5.44. The molecule has 0 unspecified atom stereocenters. The van der Waals surface area contributed by atoms with Crippen molar-refractivity contribution < 1.29 is 14.2 Å². The SMILES string of the molecule is COCCCOCCOc1ncccc1[C@H](C)N. The Morgan fingerprint density at radius 1 is 1.28 bits per heavy atom. The van der Waals surface area contributed by atoms with Gasteiger partial charge in [0, 0.05) is 38.1 Å². The van der Waals surface area contributed by atoms with Crippen LogP contribution in [0.3, 0.4) is 0 Å². The van der Waals surface area contributed by atoms with Crippen molar-refractivity contribution in [2.75, 3.05) is 33.5 Å². The monoisotopic (exact) mass is 254 g/mol. The number of rotatable bonds is 9. The zero-order chi connectivity index (χ0) is 13.2. The maximum Gasteiger partial charge on any atom is 0.218 e. The molecule has 0 aromatic carbocycles. The summed E-state index contributed by atoms with van der Waals surface area (Å²) in [5.74, 6) is 0.591. The van der Waals surface area contributed by atoms with E-state index in [2.05, 4.69) is 4.98 Å². The van der Waals surface area contributed by atoms with Crippen LogP contribution in [0.4, 0.5) is 0 Å². The molecule has 1 heterocycles. The van der Waals surface area contributed by atoms with Gasteiger partial charge in [0.25, 0.3) is 0 Å². The minimum absolute atomic E-state index is 0.0867. The molecule has 0 bridgehead atoms. The number of aromatic nitrogens is 1. The van der Waals surface area contributed by atoms with Gasteiger partial charge in [-0.1, -0.05) is 6.07 Å². The fourth-order valence-electron chi connectivity index (χ4n) is 1.48. The highest BCUT2D eigenvalue weighted by molar-refractivity contribution is 5.27. The summed E-state index contributed by atoms with van der Waals surface area (Å²) >= 11 is 0. The molecule has 0 radical (unpaired) electrons. The second kappa shape index (κ2) is 8.85. The molecule has 5 nitrogen and oxygen atoms in total. The average molecular weight is 254 g/mol. The van der Waals surface area contributed by atoms with Crippen LogP contribution >= 0.6 is 0 Å². The van der Waals surface area contributed by atoms with Crippen molar-refractivity contribution in [3.63, 3.8) is 0 Å². The number of pyridine rings is 1. The molecule has 1 aromatic heterocycles. The summed E-state index contributed by atoms with van der Waals surface area (Å²) in [5, 5.41) is 0. The van der Waals surface area contributed by atoms with Crippen molar-refractivity contribution in [1.82, 2.24) is 4.98 Å². The number of nitrogens with two attached hydrogens (primary N) is 1. The zero-order valence-corrected chi connectivity index (χ0v) is 11.1. The molecule has 0 amide bonds. The Labute approximate surface area is 108 Å². The molecule has 18 heavy (non-hydrogen) atoms. The third-order valence-electron chi connectivity index (χ3n) is 2.39. The van der Waals surface area contributed by atoms with Crippen molar-refractivity contribution in [2.45, 2.75) is 19.4 Å². The summed E-state index contributed by atoms with van der Waals surface area (Å²) in [6, 6.07) is 3.69. The van der Waals surface area contributed by atoms with Crippen LogP contribution in [-0.4, -0.2) is 38.5 Å². The molecule has 0 aliphatic heterocycles. The first kappa shape index (κ1) is 14.9. The van der Waals surface area contributed by atoms with Gasteiger partial charge in [0.2, 0.25) is 5.88 Å². The van der Waals surface area contributed by atoms with Crippen molar-refractivity contribution in [2.24, 2.45) is 5.73 Å². The zero-order valence-electron chi connectivity index (χ0n) is 11.1. The molecule has 0 saturated heterocycles. The maximum atomic E-state index is 5.83. The van der Waals surface area contributed by atoms with Gasteiger partial charge in [-0.05, 0) is 19.4 Å². The summed E-state index contributed by atoms with van der Waals surface area (Å²) < 4.78 is 15.9. The molecular weight excluding hydrogens is 232 g/mol.